The highest BCUT2D eigenvalue weighted by Crippen LogP contribution is 2.40. The predicted octanol–water partition coefficient (Wildman–Crippen LogP) is 4.38. The van der Waals surface area contributed by atoms with E-state index in [1.54, 1.807) is 6.07 Å². The van der Waals surface area contributed by atoms with E-state index in [2.05, 4.69) is 6.92 Å². The molecule has 0 heterocycles. The Morgan fingerprint density at radius 1 is 1.39 bits per heavy atom. The van der Waals surface area contributed by atoms with Gasteiger partial charge in [0.15, 0.2) is 0 Å². The standard InChI is InChI=1S/C13H14Cl2O2.CH4/c1-2-7-3-9-10(4-7)13(15)8(5-11(9)14)6-12(16)17;/h5,7H,2-4,6H2,1H3,(H,16,17);1H4. The quantitative estimate of drug-likeness (QED) is 0.896. The van der Waals surface area contributed by atoms with E-state index in [0.717, 1.165) is 30.4 Å². The zero-order valence-corrected chi connectivity index (χ0v) is 11.1. The van der Waals surface area contributed by atoms with Crippen molar-refractivity contribution >= 4 is 29.2 Å². The third-order valence-electron chi connectivity index (χ3n) is 3.41. The Balaban J connectivity index is 0.00000162. The van der Waals surface area contributed by atoms with Crippen molar-refractivity contribution in [3.05, 3.63) is 32.8 Å². The minimum atomic E-state index is -0.882. The van der Waals surface area contributed by atoms with Crippen LogP contribution in [0.5, 0.6) is 0 Å². The molecular weight excluding hydrogens is 271 g/mol. The monoisotopic (exact) mass is 288 g/mol. The number of carboxylic acid groups (broad SMARTS) is 1. The lowest BCUT2D eigenvalue weighted by atomic mass is 10.0. The second-order valence-corrected chi connectivity index (χ2v) is 5.33. The van der Waals surface area contributed by atoms with Crippen LogP contribution >= 0.6 is 23.2 Å². The maximum absolute atomic E-state index is 10.8. The number of aliphatic carboxylic acids is 1. The normalized spacial score (nSPS) is 17.2. The van der Waals surface area contributed by atoms with Crippen LogP contribution in [0.25, 0.3) is 0 Å². The SMILES string of the molecule is C.CCC1Cc2c(Cl)cc(CC(=O)O)c(Cl)c2C1. The summed E-state index contributed by atoms with van der Waals surface area (Å²) in [5.74, 6) is -0.298. The summed E-state index contributed by atoms with van der Waals surface area (Å²) in [5.41, 5.74) is 2.79. The first kappa shape index (κ1) is 15.3. The molecule has 1 aliphatic carbocycles. The largest absolute Gasteiger partial charge is 0.481 e. The van der Waals surface area contributed by atoms with Gasteiger partial charge >= 0.3 is 5.97 Å². The van der Waals surface area contributed by atoms with Gasteiger partial charge in [-0.05, 0) is 41.5 Å². The molecule has 0 spiro atoms. The van der Waals surface area contributed by atoms with Gasteiger partial charge in [-0.25, -0.2) is 0 Å². The van der Waals surface area contributed by atoms with Crippen LogP contribution in [0.15, 0.2) is 6.07 Å². The minimum absolute atomic E-state index is 0. The Morgan fingerprint density at radius 3 is 2.56 bits per heavy atom. The van der Waals surface area contributed by atoms with Crippen molar-refractivity contribution < 1.29 is 9.90 Å². The lowest BCUT2D eigenvalue weighted by molar-refractivity contribution is -0.136. The van der Waals surface area contributed by atoms with Gasteiger partial charge in [0.1, 0.15) is 0 Å². The van der Waals surface area contributed by atoms with Crippen LogP contribution in [0.2, 0.25) is 10.0 Å². The van der Waals surface area contributed by atoms with Crippen molar-refractivity contribution in [1.29, 1.82) is 0 Å². The lowest BCUT2D eigenvalue weighted by Gasteiger charge is -2.09. The first-order valence-electron chi connectivity index (χ1n) is 5.73. The molecule has 2 nitrogen and oxygen atoms in total. The van der Waals surface area contributed by atoms with E-state index in [9.17, 15) is 4.79 Å². The first-order valence-corrected chi connectivity index (χ1v) is 6.49. The van der Waals surface area contributed by atoms with E-state index < -0.39 is 5.97 Å². The summed E-state index contributed by atoms with van der Waals surface area (Å²) < 4.78 is 0. The fraction of sp³-hybridized carbons (Fsp3) is 0.500. The van der Waals surface area contributed by atoms with Gasteiger partial charge in [0.25, 0.3) is 0 Å². The molecule has 0 aromatic heterocycles. The molecule has 0 bridgehead atoms. The highest BCUT2D eigenvalue weighted by atomic mass is 35.5. The molecule has 0 aliphatic heterocycles. The second-order valence-electron chi connectivity index (χ2n) is 4.54. The molecule has 100 valence electrons. The van der Waals surface area contributed by atoms with Crippen molar-refractivity contribution in [3.63, 3.8) is 0 Å². The van der Waals surface area contributed by atoms with Gasteiger partial charge in [-0.1, -0.05) is 44.0 Å². The van der Waals surface area contributed by atoms with Crippen molar-refractivity contribution in [3.8, 4) is 0 Å². The van der Waals surface area contributed by atoms with Crippen molar-refractivity contribution in [2.45, 2.75) is 40.0 Å². The average molecular weight is 289 g/mol. The van der Waals surface area contributed by atoms with E-state index in [-0.39, 0.29) is 13.8 Å². The van der Waals surface area contributed by atoms with E-state index in [4.69, 9.17) is 28.3 Å². The van der Waals surface area contributed by atoms with Crippen LogP contribution < -0.4 is 0 Å². The Morgan fingerprint density at radius 2 is 2.00 bits per heavy atom. The smallest absolute Gasteiger partial charge is 0.307 e. The summed E-state index contributed by atoms with van der Waals surface area (Å²) in [5, 5.41) is 10.1. The number of halogens is 2. The van der Waals surface area contributed by atoms with Gasteiger partial charge in [-0.15, -0.1) is 0 Å². The Bertz CT molecular complexity index is 469. The van der Waals surface area contributed by atoms with Gasteiger partial charge in [-0.3, -0.25) is 4.79 Å². The molecular formula is C14H18Cl2O2. The summed E-state index contributed by atoms with van der Waals surface area (Å²) in [6.07, 6.45) is 2.90. The van der Waals surface area contributed by atoms with Crippen LogP contribution in [0.1, 0.15) is 37.5 Å². The fourth-order valence-corrected chi connectivity index (χ4v) is 3.07. The molecule has 0 fully saturated rings. The molecule has 1 aromatic carbocycles. The molecule has 18 heavy (non-hydrogen) atoms. The lowest BCUT2D eigenvalue weighted by Crippen LogP contribution is -2.02. The zero-order chi connectivity index (χ0) is 12.6. The molecule has 1 aromatic rings. The highest BCUT2D eigenvalue weighted by Gasteiger charge is 2.26. The van der Waals surface area contributed by atoms with E-state index in [0.29, 0.717) is 21.5 Å². The molecule has 4 heteroatoms. The third-order valence-corrected chi connectivity index (χ3v) is 4.21. The number of carboxylic acids is 1. The highest BCUT2D eigenvalue weighted by molar-refractivity contribution is 6.35. The maximum atomic E-state index is 10.8. The number of hydrogen-bond donors (Lipinski definition) is 1. The van der Waals surface area contributed by atoms with Crippen LogP contribution in [-0.4, -0.2) is 11.1 Å². The van der Waals surface area contributed by atoms with Crippen molar-refractivity contribution in [1.82, 2.24) is 0 Å². The molecule has 0 radical (unpaired) electrons. The van der Waals surface area contributed by atoms with Gasteiger partial charge in [0, 0.05) is 10.0 Å². The number of fused-ring (bicyclic) bond motifs is 1. The summed E-state index contributed by atoms with van der Waals surface area (Å²) >= 11 is 12.5. The Labute approximate surface area is 118 Å². The number of rotatable bonds is 3. The molecule has 2 rings (SSSR count). The minimum Gasteiger partial charge on any atom is -0.481 e. The van der Waals surface area contributed by atoms with Gasteiger partial charge in [0.05, 0.1) is 6.42 Å². The Hall–Kier alpha value is -0.730. The molecule has 1 atom stereocenters. The number of carbonyl (C=O) groups is 1. The van der Waals surface area contributed by atoms with Crippen LogP contribution in [0.3, 0.4) is 0 Å². The van der Waals surface area contributed by atoms with Crippen LogP contribution in [0, 0.1) is 5.92 Å². The summed E-state index contributed by atoms with van der Waals surface area (Å²) in [6, 6.07) is 1.70. The number of benzene rings is 1. The molecule has 1 N–H and O–H groups in total. The van der Waals surface area contributed by atoms with Crippen LogP contribution in [0.4, 0.5) is 0 Å². The van der Waals surface area contributed by atoms with E-state index in [1.807, 2.05) is 0 Å². The first-order chi connectivity index (χ1) is 8.02. The van der Waals surface area contributed by atoms with Crippen molar-refractivity contribution in [2.24, 2.45) is 5.92 Å². The summed E-state index contributed by atoms with van der Waals surface area (Å²) in [7, 11) is 0. The van der Waals surface area contributed by atoms with E-state index in [1.165, 1.54) is 0 Å². The molecule has 0 saturated heterocycles. The van der Waals surface area contributed by atoms with E-state index >= 15 is 0 Å². The number of hydrogen-bond acceptors (Lipinski definition) is 1. The second kappa shape index (κ2) is 5.94. The summed E-state index contributed by atoms with van der Waals surface area (Å²) in [6.45, 7) is 2.15. The van der Waals surface area contributed by atoms with Gasteiger partial charge in [0.2, 0.25) is 0 Å². The molecule has 0 saturated carbocycles. The summed E-state index contributed by atoms with van der Waals surface area (Å²) in [4.78, 5) is 10.8. The van der Waals surface area contributed by atoms with Crippen LogP contribution in [-0.2, 0) is 24.1 Å². The molecule has 1 unspecified atom stereocenters. The Kier molecular flexibility index (Phi) is 5.06. The predicted molar refractivity (Wildman–Crippen MR) is 75.7 cm³/mol. The third kappa shape index (κ3) is 2.81. The van der Waals surface area contributed by atoms with Crippen molar-refractivity contribution in [2.75, 3.05) is 0 Å². The maximum Gasteiger partial charge on any atom is 0.307 e. The molecule has 1 aliphatic rings. The molecule has 0 amide bonds. The topological polar surface area (TPSA) is 37.3 Å². The van der Waals surface area contributed by atoms with Gasteiger partial charge in [-0.2, -0.15) is 0 Å². The zero-order valence-electron chi connectivity index (χ0n) is 9.59. The average Bonchev–Trinajstić information content (AvgIpc) is 2.69. The van der Waals surface area contributed by atoms with Gasteiger partial charge < -0.3 is 5.11 Å². The fourth-order valence-electron chi connectivity index (χ4n) is 2.44.